The van der Waals surface area contributed by atoms with Gasteiger partial charge in [0.2, 0.25) is 11.9 Å². The van der Waals surface area contributed by atoms with Crippen LogP contribution in [0.3, 0.4) is 0 Å². The van der Waals surface area contributed by atoms with Crippen molar-refractivity contribution in [1.82, 2.24) is 14.5 Å². The highest BCUT2D eigenvalue weighted by Crippen LogP contribution is 2.38. The number of aromatic nitrogens is 3. The summed E-state index contributed by atoms with van der Waals surface area (Å²) in [7, 11) is 1.82. The van der Waals surface area contributed by atoms with Gasteiger partial charge in [-0.3, -0.25) is 4.79 Å². The number of aryl methyl sites for hydroxylation is 1. The van der Waals surface area contributed by atoms with Crippen LogP contribution in [0.1, 0.15) is 30.9 Å². The molecular formula is C19H20N6O. The number of nitrogen functional groups attached to an aromatic ring is 1. The number of nitrogens with one attached hydrogen (secondary N) is 1. The number of anilines is 4. The average Bonchev–Trinajstić information content (AvgIpc) is 3.38. The van der Waals surface area contributed by atoms with E-state index in [2.05, 4.69) is 25.9 Å². The van der Waals surface area contributed by atoms with Crippen molar-refractivity contribution in [3.05, 3.63) is 36.0 Å². The minimum Gasteiger partial charge on any atom is -0.383 e. The smallest absolute Gasteiger partial charge is 0.231 e. The highest BCUT2D eigenvalue weighted by molar-refractivity contribution is 5.96. The van der Waals surface area contributed by atoms with Crippen molar-refractivity contribution in [1.29, 1.82) is 0 Å². The number of hydrogen-bond donors (Lipinski definition) is 2. The van der Waals surface area contributed by atoms with E-state index in [1.54, 1.807) is 4.90 Å². The Morgan fingerprint density at radius 2 is 2.04 bits per heavy atom. The molecule has 1 aliphatic heterocycles. The van der Waals surface area contributed by atoms with Gasteiger partial charge < -0.3 is 20.5 Å². The first-order valence-corrected chi connectivity index (χ1v) is 8.91. The Morgan fingerprint density at radius 3 is 2.85 bits per heavy atom. The van der Waals surface area contributed by atoms with Gasteiger partial charge in [-0.15, -0.1) is 0 Å². The van der Waals surface area contributed by atoms with Crippen molar-refractivity contribution >= 4 is 40.1 Å². The maximum atomic E-state index is 11.8. The second-order valence-corrected chi connectivity index (χ2v) is 7.05. The first kappa shape index (κ1) is 15.2. The second kappa shape index (κ2) is 5.45. The fourth-order valence-electron chi connectivity index (χ4n) is 3.62. The molecule has 0 spiro atoms. The highest BCUT2D eigenvalue weighted by atomic mass is 16.2. The number of amides is 1. The molecule has 0 saturated heterocycles. The van der Waals surface area contributed by atoms with Crippen LogP contribution in [0.25, 0.3) is 11.0 Å². The predicted molar refractivity (Wildman–Crippen MR) is 102 cm³/mol. The zero-order valence-corrected chi connectivity index (χ0v) is 14.6. The first-order chi connectivity index (χ1) is 12.6. The van der Waals surface area contributed by atoms with Gasteiger partial charge in [0.25, 0.3) is 0 Å². The van der Waals surface area contributed by atoms with E-state index in [9.17, 15) is 4.79 Å². The van der Waals surface area contributed by atoms with Crippen LogP contribution in [0, 0.1) is 0 Å². The van der Waals surface area contributed by atoms with Gasteiger partial charge in [-0.1, -0.05) is 0 Å². The summed E-state index contributed by atoms with van der Waals surface area (Å²) >= 11 is 0. The Balaban J connectivity index is 1.50. The lowest BCUT2D eigenvalue weighted by molar-refractivity contribution is -0.118. The highest BCUT2D eigenvalue weighted by Gasteiger charge is 2.26. The number of nitrogens with zero attached hydrogens (tertiary/aromatic N) is 4. The molecule has 3 aromatic rings. The van der Waals surface area contributed by atoms with Crippen molar-refractivity contribution in [3.63, 3.8) is 0 Å². The molecule has 2 aromatic heterocycles. The standard InChI is InChI=1S/C19H20N6O/c1-24-15-6-3-12(10-11(15)2-7-16(24)26)21-19-22-17(20)14-8-9-25(13-4-5-13)18(14)23-19/h3,6,8-10,13H,2,4-5,7H2,1H3,(H3,20,21,22,23). The van der Waals surface area contributed by atoms with Crippen LogP contribution in [0.15, 0.2) is 30.5 Å². The van der Waals surface area contributed by atoms with Gasteiger partial charge in [0.05, 0.1) is 5.39 Å². The van der Waals surface area contributed by atoms with Gasteiger partial charge in [-0.05, 0) is 49.1 Å². The Labute approximate surface area is 150 Å². The fourth-order valence-corrected chi connectivity index (χ4v) is 3.62. The molecule has 3 heterocycles. The normalized spacial score (nSPS) is 16.8. The third kappa shape index (κ3) is 2.39. The monoisotopic (exact) mass is 348 g/mol. The summed E-state index contributed by atoms with van der Waals surface area (Å²) in [5, 5.41) is 4.17. The lowest BCUT2D eigenvalue weighted by Gasteiger charge is -2.26. The third-order valence-corrected chi connectivity index (χ3v) is 5.22. The zero-order chi connectivity index (χ0) is 17.8. The third-order valence-electron chi connectivity index (χ3n) is 5.22. The lowest BCUT2D eigenvalue weighted by atomic mass is 10.0. The molecule has 7 nitrogen and oxygen atoms in total. The van der Waals surface area contributed by atoms with E-state index in [4.69, 9.17) is 5.73 Å². The minimum absolute atomic E-state index is 0.153. The maximum absolute atomic E-state index is 11.8. The van der Waals surface area contributed by atoms with Crippen molar-refractivity contribution < 1.29 is 4.79 Å². The van der Waals surface area contributed by atoms with Gasteiger partial charge in [-0.25, -0.2) is 0 Å². The number of carbonyl (C=O) groups excluding carboxylic acids is 1. The average molecular weight is 348 g/mol. The van der Waals surface area contributed by atoms with Crippen LogP contribution in [0.5, 0.6) is 0 Å². The number of rotatable bonds is 3. The summed E-state index contributed by atoms with van der Waals surface area (Å²) < 4.78 is 2.19. The first-order valence-electron chi connectivity index (χ1n) is 8.91. The van der Waals surface area contributed by atoms with Crippen LogP contribution < -0.4 is 16.0 Å². The Bertz CT molecular complexity index is 1040. The number of nitrogens with two attached hydrogens (primary N) is 1. The quantitative estimate of drug-likeness (QED) is 0.759. The molecule has 7 heteroatoms. The van der Waals surface area contributed by atoms with Gasteiger partial charge >= 0.3 is 0 Å². The maximum Gasteiger partial charge on any atom is 0.231 e. The van der Waals surface area contributed by atoms with E-state index in [0.717, 1.165) is 34.4 Å². The summed E-state index contributed by atoms with van der Waals surface area (Å²) in [6, 6.07) is 8.48. The van der Waals surface area contributed by atoms with E-state index in [1.165, 1.54) is 12.8 Å². The summed E-state index contributed by atoms with van der Waals surface area (Å²) in [5.74, 6) is 1.14. The van der Waals surface area contributed by atoms with Gasteiger partial charge in [0.15, 0.2) is 0 Å². The van der Waals surface area contributed by atoms with E-state index in [0.29, 0.717) is 24.2 Å². The molecule has 132 valence electrons. The molecule has 1 aliphatic carbocycles. The number of fused-ring (bicyclic) bond motifs is 2. The molecule has 26 heavy (non-hydrogen) atoms. The molecule has 1 fully saturated rings. The fraction of sp³-hybridized carbons (Fsp3) is 0.316. The van der Waals surface area contributed by atoms with Crippen LogP contribution in [-0.4, -0.2) is 27.5 Å². The zero-order valence-electron chi connectivity index (χ0n) is 14.6. The molecule has 1 amide bonds. The topological polar surface area (TPSA) is 89.1 Å². The molecule has 0 atom stereocenters. The van der Waals surface area contributed by atoms with Crippen molar-refractivity contribution in [2.24, 2.45) is 0 Å². The Kier molecular flexibility index (Phi) is 3.19. The van der Waals surface area contributed by atoms with E-state index < -0.39 is 0 Å². The Morgan fingerprint density at radius 1 is 1.19 bits per heavy atom. The van der Waals surface area contributed by atoms with Crippen molar-refractivity contribution in [2.75, 3.05) is 23.0 Å². The molecule has 1 aromatic carbocycles. The molecule has 0 radical (unpaired) electrons. The molecule has 1 saturated carbocycles. The largest absolute Gasteiger partial charge is 0.383 e. The predicted octanol–water partition coefficient (Wildman–Crippen LogP) is 3.00. The molecule has 0 unspecified atom stereocenters. The van der Waals surface area contributed by atoms with Crippen LogP contribution in [0.4, 0.5) is 23.1 Å². The SMILES string of the molecule is CN1C(=O)CCc2cc(Nc3nc(N)c4ccn(C5CC5)c4n3)ccc21. The molecule has 3 N–H and O–H groups in total. The van der Waals surface area contributed by atoms with Gasteiger partial charge in [0, 0.05) is 37.1 Å². The number of benzene rings is 1. The van der Waals surface area contributed by atoms with Crippen LogP contribution in [-0.2, 0) is 11.2 Å². The van der Waals surface area contributed by atoms with Gasteiger partial charge in [0.1, 0.15) is 11.5 Å². The van der Waals surface area contributed by atoms with E-state index in [1.807, 2.05) is 31.4 Å². The molecule has 2 aliphatic rings. The summed E-state index contributed by atoms with van der Waals surface area (Å²) in [4.78, 5) is 22.6. The summed E-state index contributed by atoms with van der Waals surface area (Å²) in [6.07, 6.45) is 5.71. The minimum atomic E-state index is 0.153. The molecular weight excluding hydrogens is 328 g/mol. The van der Waals surface area contributed by atoms with Gasteiger partial charge in [-0.2, -0.15) is 9.97 Å². The second-order valence-electron chi connectivity index (χ2n) is 7.05. The summed E-state index contributed by atoms with van der Waals surface area (Å²) in [5.41, 5.74) is 10.0. The molecule has 5 rings (SSSR count). The number of carbonyl (C=O) groups is 1. The molecule has 0 bridgehead atoms. The summed E-state index contributed by atoms with van der Waals surface area (Å²) in [6.45, 7) is 0. The van der Waals surface area contributed by atoms with E-state index >= 15 is 0 Å². The Hall–Kier alpha value is -3.09. The van der Waals surface area contributed by atoms with Crippen molar-refractivity contribution in [2.45, 2.75) is 31.7 Å². The van der Waals surface area contributed by atoms with Crippen LogP contribution >= 0.6 is 0 Å². The van der Waals surface area contributed by atoms with Crippen LogP contribution in [0.2, 0.25) is 0 Å². The van der Waals surface area contributed by atoms with E-state index in [-0.39, 0.29) is 5.91 Å². The number of hydrogen-bond acceptors (Lipinski definition) is 5. The lowest BCUT2D eigenvalue weighted by Crippen LogP contribution is -2.31. The van der Waals surface area contributed by atoms with Crippen molar-refractivity contribution in [3.8, 4) is 0 Å².